The van der Waals surface area contributed by atoms with Crippen molar-refractivity contribution in [3.05, 3.63) is 29.8 Å². The molecule has 30 heavy (non-hydrogen) atoms. The number of hydrogen-bond acceptors (Lipinski definition) is 6. The molecule has 1 aromatic carbocycles. The standard InChI is InChI=1S/C20H34N4O4S.HI/c1-17(7-14-29(3,25)26)23-20(21-2)22-16-18-5-4-6-19(15-18)28-13-10-24-8-11-27-12-9-24;/h4-6,15,17H,7-14,16H2,1-3H3,(H2,21,22,23);1H. The zero-order chi connectivity index (χ0) is 21.1. The molecule has 0 bridgehead atoms. The largest absolute Gasteiger partial charge is 0.492 e. The van der Waals surface area contributed by atoms with Crippen molar-refractivity contribution in [1.29, 1.82) is 0 Å². The molecule has 8 nitrogen and oxygen atoms in total. The van der Waals surface area contributed by atoms with E-state index in [2.05, 4.69) is 20.5 Å². The van der Waals surface area contributed by atoms with E-state index in [0.29, 0.717) is 25.5 Å². The van der Waals surface area contributed by atoms with Gasteiger partial charge < -0.3 is 20.1 Å². The summed E-state index contributed by atoms with van der Waals surface area (Å²) < 4.78 is 33.9. The number of nitrogens with zero attached hydrogens (tertiary/aromatic N) is 2. The van der Waals surface area contributed by atoms with E-state index in [0.717, 1.165) is 44.2 Å². The zero-order valence-electron chi connectivity index (χ0n) is 18.1. The van der Waals surface area contributed by atoms with Gasteiger partial charge in [-0.05, 0) is 31.0 Å². The third-order valence-corrected chi connectivity index (χ3v) is 5.64. The minimum atomic E-state index is -2.96. The highest BCUT2D eigenvalue weighted by atomic mass is 127. The topological polar surface area (TPSA) is 92.3 Å². The molecule has 2 N–H and O–H groups in total. The molecule has 0 spiro atoms. The van der Waals surface area contributed by atoms with E-state index in [1.54, 1.807) is 7.05 Å². The highest BCUT2D eigenvalue weighted by Gasteiger charge is 2.11. The molecule has 0 radical (unpaired) electrons. The van der Waals surface area contributed by atoms with E-state index in [-0.39, 0.29) is 35.8 Å². The predicted molar refractivity (Wildman–Crippen MR) is 132 cm³/mol. The summed E-state index contributed by atoms with van der Waals surface area (Å²) in [6.07, 6.45) is 1.79. The van der Waals surface area contributed by atoms with Crippen LogP contribution in [-0.4, -0.2) is 83.8 Å². The predicted octanol–water partition coefficient (Wildman–Crippen LogP) is 1.50. The number of ether oxygens (including phenoxy) is 2. The Morgan fingerprint density at radius 3 is 2.73 bits per heavy atom. The van der Waals surface area contributed by atoms with Gasteiger partial charge in [0.25, 0.3) is 0 Å². The number of halogens is 1. The van der Waals surface area contributed by atoms with E-state index in [1.165, 1.54) is 6.26 Å². The average Bonchev–Trinajstić information content (AvgIpc) is 2.70. The molecule has 1 heterocycles. The van der Waals surface area contributed by atoms with E-state index in [9.17, 15) is 8.42 Å². The van der Waals surface area contributed by atoms with Gasteiger partial charge in [0.05, 0.1) is 19.0 Å². The lowest BCUT2D eigenvalue weighted by molar-refractivity contribution is 0.0322. The molecule has 1 aliphatic rings. The van der Waals surface area contributed by atoms with Crippen LogP contribution in [0.2, 0.25) is 0 Å². The molecule has 1 fully saturated rings. The van der Waals surface area contributed by atoms with Gasteiger partial charge in [0, 0.05) is 45.5 Å². The normalized spacial score (nSPS) is 16.4. The second-order valence-electron chi connectivity index (χ2n) is 7.34. The SMILES string of the molecule is CN=C(NCc1cccc(OCCN2CCOCC2)c1)NC(C)CCS(C)(=O)=O.I. The number of hydrogen-bond donors (Lipinski definition) is 2. The molecule has 1 aliphatic heterocycles. The summed E-state index contributed by atoms with van der Waals surface area (Å²) in [6.45, 7) is 7.60. The summed E-state index contributed by atoms with van der Waals surface area (Å²) in [4.78, 5) is 6.55. The average molecular weight is 554 g/mol. The van der Waals surface area contributed by atoms with Gasteiger partial charge in [-0.3, -0.25) is 9.89 Å². The molecule has 1 atom stereocenters. The quantitative estimate of drug-likeness (QED) is 0.257. The number of morpholine rings is 1. The highest BCUT2D eigenvalue weighted by Crippen LogP contribution is 2.13. The van der Waals surface area contributed by atoms with Gasteiger partial charge in [0.1, 0.15) is 22.2 Å². The third-order valence-electron chi connectivity index (χ3n) is 4.67. The molecule has 2 rings (SSSR count). The Morgan fingerprint density at radius 1 is 1.33 bits per heavy atom. The molecule has 0 aliphatic carbocycles. The maximum Gasteiger partial charge on any atom is 0.191 e. The summed E-state index contributed by atoms with van der Waals surface area (Å²) in [5.74, 6) is 1.65. The second kappa shape index (κ2) is 14.0. The van der Waals surface area contributed by atoms with Crippen LogP contribution in [0.3, 0.4) is 0 Å². The second-order valence-corrected chi connectivity index (χ2v) is 9.60. The number of aliphatic imine (C=N–C) groups is 1. The number of rotatable bonds is 10. The van der Waals surface area contributed by atoms with E-state index in [4.69, 9.17) is 9.47 Å². The molecular formula is C20H35IN4O4S. The summed E-state index contributed by atoms with van der Waals surface area (Å²) >= 11 is 0. The van der Waals surface area contributed by atoms with Crippen molar-refractivity contribution < 1.29 is 17.9 Å². The van der Waals surface area contributed by atoms with Gasteiger partial charge in [-0.25, -0.2) is 8.42 Å². The smallest absolute Gasteiger partial charge is 0.191 e. The van der Waals surface area contributed by atoms with Gasteiger partial charge in [-0.2, -0.15) is 0 Å². The Kier molecular flexibility index (Phi) is 12.6. The summed E-state index contributed by atoms with van der Waals surface area (Å²) in [6, 6.07) is 8.00. The van der Waals surface area contributed by atoms with E-state index in [1.807, 2.05) is 31.2 Å². The van der Waals surface area contributed by atoms with Crippen LogP contribution < -0.4 is 15.4 Å². The monoisotopic (exact) mass is 554 g/mol. The highest BCUT2D eigenvalue weighted by molar-refractivity contribution is 14.0. The van der Waals surface area contributed by atoms with Crippen LogP contribution >= 0.6 is 24.0 Å². The zero-order valence-corrected chi connectivity index (χ0v) is 21.2. The van der Waals surface area contributed by atoms with Crippen LogP contribution in [0.4, 0.5) is 0 Å². The van der Waals surface area contributed by atoms with Crippen molar-refractivity contribution in [3.8, 4) is 5.75 Å². The minimum absolute atomic E-state index is 0. The van der Waals surface area contributed by atoms with Crippen LogP contribution in [-0.2, 0) is 21.1 Å². The minimum Gasteiger partial charge on any atom is -0.492 e. The molecule has 0 saturated carbocycles. The molecule has 1 saturated heterocycles. The van der Waals surface area contributed by atoms with Crippen molar-refractivity contribution in [2.24, 2.45) is 4.99 Å². The van der Waals surface area contributed by atoms with Gasteiger partial charge in [0.2, 0.25) is 0 Å². The van der Waals surface area contributed by atoms with E-state index >= 15 is 0 Å². The molecule has 1 unspecified atom stereocenters. The van der Waals surface area contributed by atoms with Gasteiger partial charge in [-0.1, -0.05) is 12.1 Å². The van der Waals surface area contributed by atoms with E-state index < -0.39 is 9.84 Å². The Morgan fingerprint density at radius 2 is 2.07 bits per heavy atom. The van der Waals surface area contributed by atoms with Crippen molar-refractivity contribution >= 4 is 39.8 Å². The summed E-state index contributed by atoms with van der Waals surface area (Å²) in [5.41, 5.74) is 1.08. The number of guanidine groups is 1. The van der Waals surface area contributed by atoms with Crippen LogP contribution in [0, 0.1) is 0 Å². The van der Waals surface area contributed by atoms with Crippen LogP contribution in [0.25, 0.3) is 0 Å². The van der Waals surface area contributed by atoms with Crippen molar-refractivity contribution in [3.63, 3.8) is 0 Å². The lowest BCUT2D eigenvalue weighted by atomic mass is 10.2. The first kappa shape index (κ1) is 26.9. The molecule has 1 aromatic rings. The molecule has 10 heteroatoms. The fraction of sp³-hybridized carbons (Fsp3) is 0.650. The first-order chi connectivity index (χ1) is 13.9. The molecule has 0 amide bonds. The Bertz CT molecular complexity index is 755. The fourth-order valence-electron chi connectivity index (χ4n) is 2.94. The Hall–Kier alpha value is -1.11. The lowest BCUT2D eigenvalue weighted by Crippen LogP contribution is -2.42. The Balaban J connectivity index is 0.00000450. The molecule has 172 valence electrons. The van der Waals surface area contributed by atoms with Gasteiger partial charge >= 0.3 is 0 Å². The Labute approximate surface area is 197 Å². The summed E-state index contributed by atoms with van der Waals surface area (Å²) in [5, 5.41) is 6.48. The van der Waals surface area contributed by atoms with Gasteiger partial charge in [0.15, 0.2) is 5.96 Å². The number of sulfone groups is 1. The van der Waals surface area contributed by atoms with Crippen LogP contribution in [0.15, 0.2) is 29.3 Å². The first-order valence-electron chi connectivity index (χ1n) is 10.0. The lowest BCUT2D eigenvalue weighted by Gasteiger charge is -2.26. The van der Waals surface area contributed by atoms with Crippen molar-refractivity contribution in [1.82, 2.24) is 15.5 Å². The summed E-state index contributed by atoms with van der Waals surface area (Å²) in [7, 11) is -1.26. The van der Waals surface area contributed by atoms with Crippen LogP contribution in [0.1, 0.15) is 18.9 Å². The maximum absolute atomic E-state index is 11.3. The first-order valence-corrected chi connectivity index (χ1v) is 12.1. The maximum atomic E-state index is 11.3. The van der Waals surface area contributed by atoms with Gasteiger partial charge in [-0.15, -0.1) is 24.0 Å². The molecule has 0 aromatic heterocycles. The number of nitrogens with one attached hydrogen (secondary N) is 2. The number of benzene rings is 1. The third kappa shape index (κ3) is 11.3. The molecular weight excluding hydrogens is 519 g/mol. The van der Waals surface area contributed by atoms with Crippen LogP contribution in [0.5, 0.6) is 5.75 Å². The fourth-order valence-corrected chi connectivity index (χ4v) is 3.72. The van der Waals surface area contributed by atoms with Crippen molar-refractivity contribution in [2.45, 2.75) is 25.9 Å². The van der Waals surface area contributed by atoms with Crippen molar-refractivity contribution in [2.75, 3.05) is 58.5 Å².